The summed E-state index contributed by atoms with van der Waals surface area (Å²) in [6.45, 7) is 9.36. The first-order valence-electron chi connectivity index (χ1n) is 8.25. The summed E-state index contributed by atoms with van der Waals surface area (Å²) >= 11 is 0. The first-order chi connectivity index (χ1) is 11.0. The van der Waals surface area contributed by atoms with Crippen LogP contribution in [0.1, 0.15) is 39.2 Å². The zero-order chi connectivity index (χ0) is 17.0. The van der Waals surface area contributed by atoms with Crippen molar-refractivity contribution in [1.29, 1.82) is 0 Å². The minimum Gasteiger partial charge on any atom is -0.450 e. The molecule has 1 amide bonds. The van der Waals surface area contributed by atoms with Crippen molar-refractivity contribution in [2.24, 2.45) is 0 Å². The molecule has 0 saturated carbocycles. The summed E-state index contributed by atoms with van der Waals surface area (Å²) in [5, 5.41) is 6.07. The summed E-state index contributed by atoms with van der Waals surface area (Å²) in [7, 11) is 0. The molecular weight excluding hydrogens is 292 g/mol. The molecule has 0 aliphatic carbocycles. The van der Waals surface area contributed by atoms with Crippen LogP contribution in [0.15, 0.2) is 30.3 Å². The van der Waals surface area contributed by atoms with E-state index in [4.69, 9.17) is 9.47 Å². The molecule has 0 fully saturated rings. The van der Waals surface area contributed by atoms with E-state index >= 15 is 0 Å². The maximum Gasteiger partial charge on any atom is 0.407 e. The van der Waals surface area contributed by atoms with Crippen molar-refractivity contribution in [1.82, 2.24) is 10.6 Å². The van der Waals surface area contributed by atoms with Crippen LogP contribution in [0.2, 0.25) is 0 Å². The Morgan fingerprint density at radius 2 is 1.70 bits per heavy atom. The van der Waals surface area contributed by atoms with Crippen LogP contribution in [0.3, 0.4) is 0 Å². The number of amides is 1. The number of alkyl carbamates (subject to hydrolysis) is 1. The monoisotopic (exact) mass is 322 g/mol. The summed E-state index contributed by atoms with van der Waals surface area (Å²) in [4.78, 5) is 11.4. The number of rotatable bonds is 10. The minimum atomic E-state index is -0.355. The van der Waals surface area contributed by atoms with Gasteiger partial charge in [0.2, 0.25) is 0 Å². The van der Waals surface area contributed by atoms with Gasteiger partial charge >= 0.3 is 6.09 Å². The third-order valence-corrected chi connectivity index (χ3v) is 2.96. The standard InChI is InChI=1S/C18H30N2O3/c1-18(2,3)20-17(21)23-14-8-12-19-11-7-13-22-15-16-9-5-4-6-10-16/h4-6,9-10,19H,7-8,11-15H2,1-3H3,(H,20,21). The molecule has 5 nitrogen and oxygen atoms in total. The number of carbonyl (C=O) groups is 1. The normalized spacial score (nSPS) is 11.3. The molecule has 0 aliphatic heterocycles. The van der Waals surface area contributed by atoms with E-state index in [2.05, 4.69) is 22.8 Å². The lowest BCUT2D eigenvalue weighted by Crippen LogP contribution is -2.41. The van der Waals surface area contributed by atoms with Gasteiger partial charge in [-0.05, 0) is 52.3 Å². The molecular formula is C18H30N2O3. The largest absolute Gasteiger partial charge is 0.450 e. The van der Waals surface area contributed by atoms with Crippen molar-refractivity contribution in [2.75, 3.05) is 26.3 Å². The van der Waals surface area contributed by atoms with E-state index in [1.165, 1.54) is 5.56 Å². The molecule has 0 aromatic heterocycles. The van der Waals surface area contributed by atoms with Crippen molar-refractivity contribution in [3.05, 3.63) is 35.9 Å². The van der Waals surface area contributed by atoms with E-state index in [-0.39, 0.29) is 11.6 Å². The molecule has 130 valence electrons. The summed E-state index contributed by atoms with van der Waals surface area (Å²) < 4.78 is 10.7. The topological polar surface area (TPSA) is 59.6 Å². The zero-order valence-electron chi connectivity index (χ0n) is 14.6. The Hall–Kier alpha value is -1.59. The van der Waals surface area contributed by atoms with Gasteiger partial charge in [0.25, 0.3) is 0 Å². The van der Waals surface area contributed by atoms with Crippen LogP contribution in [0.4, 0.5) is 4.79 Å². The molecule has 1 rings (SSSR count). The van der Waals surface area contributed by atoms with Crippen molar-refractivity contribution >= 4 is 6.09 Å². The molecule has 0 aliphatic rings. The van der Waals surface area contributed by atoms with Crippen LogP contribution in [-0.2, 0) is 16.1 Å². The number of hydrogen-bond donors (Lipinski definition) is 2. The lowest BCUT2D eigenvalue weighted by molar-refractivity contribution is 0.118. The van der Waals surface area contributed by atoms with Crippen LogP contribution in [0.5, 0.6) is 0 Å². The molecule has 0 atom stereocenters. The minimum absolute atomic E-state index is 0.255. The van der Waals surface area contributed by atoms with Crippen LogP contribution in [0.25, 0.3) is 0 Å². The van der Waals surface area contributed by atoms with Gasteiger partial charge in [-0.2, -0.15) is 0 Å². The smallest absolute Gasteiger partial charge is 0.407 e. The molecule has 0 radical (unpaired) electrons. The number of carbonyl (C=O) groups excluding carboxylic acids is 1. The Morgan fingerprint density at radius 1 is 1.04 bits per heavy atom. The van der Waals surface area contributed by atoms with E-state index in [0.717, 1.165) is 32.5 Å². The Labute approximate surface area is 139 Å². The Morgan fingerprint density at radius 3 is 2.35 bits per heavy atom. The maximum atomic E-state index is 11.4. The lowest BCUT2D eigenvalue weighted by Gasteiger charge is -2.19. The Bertz CT molecular complexity index is 430. The zero-order valence-corrected chi connectivity index (χ0v) is 14.6. The van der Waals surface area contributed by atoms with E-state index in [1.807, 2.05) is 39.0 Å². The van der Waals surface area contributed by atoms with Gasteiger partial charge in [-0.25, -0.2) is 4.79 Å². The highest BCUT2D eigenvalue weighted by Gasteiger charge is 2.13. The fourth-order valence-electron chi connectivity index (χ4n) is 1.89. The summed E-state index contributed by atoms with van der Waals surface area (Å²) in [6, 6.07) is 10.2. The molecule has 1 aromatic rings. The van der Waals surface area contributed by atoms with Crippen LogP contribution in [0, 0.1) is 0 Å². The molecule has 0 heterocycles. The average molecular weight is 322 g/mol. The maximum absolute atomic E-state index is 11.4. The predicted molar refractivity (Wildman–Crippen MR) is 92.4 cm³/mol. The van der Waals surface area contributed by atoms with Crippen LogP contribution < -0.4 is 10.6 Å². The highest BCUT2D eigenvalue weighted by molar-refractivity contribution is 5.67. The Balaban J connectivity index is 1.86. The quantitative estimate of drug-likeness (QED) is 0.650. The summed E-state index contributed by atoms with van der Waals surface area (Å²) in [6.07, 6.45) is 1.42. The first kappa shape index (κ1) is 19.5. The molecule has 1 aromatic carbocycles. The molecule has 0 saturated heterocycles. The fraction of sp³-hybridized carbons (Fsp3) is 0.611. The van der Waals surface area contributed by atoms with Crippen molar-refractivity contribution in [3.8, 4) is 0 Å². The molecule has 5 heteroatoms. The molecule has 0 bridgehead atoms. The summed E-state index contributed by atoms with van der Waals surface area (Å²) in [5.41, 5.74) is 0.945. The van der Waals surface area contributed by atoms with E-state index < -0.39 is 0 Å². The van der Waals surface area contributed by atoms with Gasteiger partial charge in [0.05, 0.1) is 13.2 Å². The van der Waals surface area contributed by atoms with Gasteiger partial charge in [-0.1, -0.05) is 30.3 Å². The van der Waals surface area contributed by atoms with E-state index in [9.17, 15) is 4.79 Å². The van der Waals surface area contributed by atoms with Gasteiger partial charge in [0.1, 0.15) is 0 Å². The van der Waals surface area contributed by atoms with E-state index in [1.54, 1.807) is 0 Å². The van der Waals surface area contributed by atoms with Gasteiger partial charge in [0, 0.05) is 12.1 Å². The van der Waals surface area contributed by atoms with Crippen molar-refractivity contribution < 1.29 is 14.3 Å². The van der Waals surface area contributed by atoms with Crippen LogP contribution >= 0.6 is 0 Å². The predicted octanol–water partition coefficient (Wildman–Crippen LogP) is 3.10. The van der Waals surface area contributed by atoms with Crippen molar-refractivity contribution in [2.45, 2.75) is 45.8 Å². The third kappa shape index (κ3) is 11.6. The highest BCUT2D eigenvalue weighted by Crippen LogP contribution is 2.00. The molecule has 0 unspecified atom stereocenters. The number of ether oxygens (including phenoxy) is 2. The van der Waals surface area contributed by atoms with Gasteiger partial charge in [0.15, 0.2) is 0 Å². The second-order valence-corrected chi connectivity index (χ2v) is 6.51. The Kier molecular flexibility index (Phi) is 9.33. The highest BCUT2D eigenvalue weighted by atomic mass is 16.5. The van der Waals surface area contributed by atoms with Gasteiger partial charge in [-0.3, -0.25) is 0 Å². The lowest BCUT2D eigenvalue weighted by atomic mass is 10.1. The third-order valence-electron chi connectivity index (χ3n) is 2.96. The molecule has 23 heavy (non-hydrogen) atoms. The second kappa shape index (κ2) is 11.0. The van der Waals surface area contributed by atoms with Crippen molar-refractivity contribution in [3.63, 3.8) is 0 Å². The van der Waals surface area contributed by atoms with Gasteiger partial charge in [-0.15, -0.1) is 0 Å². The molecule has 0 spiro atoms. The van der Waals surface area contributed by atoms with Gasteiger partial charge < -0.3 is 20.1 Å². The second-order valence-electron chi connectivity index (χ2n) is 6.51. The van der Waals surface area contributed by atoms with E-state index in [0.29, 0.717) is 13.2 Å². The number of nitrogens with one attached hydrogen (secondary N) is 2. The number of benzene rings is 1. The SMILES string of the molecule is CC(C)(C)NC(=O)OCCCNCCCOCc1ccccc1. The fourth-order valence-corrected chi connectivity index (χ4v) is 1.89. The average Bonchev–Trinajstić information content (AvgIpc) is 2.48. The van der Waals surface area contributed by atoms with Crippen LogP contribution in [-0.4, -0.2) is 37.9 Å². The first-order valence-corrected chi connectivity index (χ1v) is 8.25. The number of hydrogen-bond acceptors (Lipinski definition) is 4. The molecule has 2 N–H and O–H groups in total. The summed E-state index contributed by atoms with van der Waals surface area (Å²) in [5.74, 6) is 0.